The summed E-state index contributed by atoms with van der Waals surface area (Å²) in [5, 5.41) is 12.9. The van der Waals surface area contributed by atoms with Crippen molar-refractivity contribution in [2.24, 2.45) is 0 Å². The summed E-state index contributed by atoms with van der Waals surface area (Å²) in [5.41, 5.74) is 2.37. The summed E-state index contributed by atoms with van der Waals surface area (Å²) in [4.78, 5) is 4.23. The van der Waals surface area contributed by atoms with Crippen LogP contribution in [0.1, 0.15) is 11.4 Å². The SMILES string of the molecule is Cc1ccn2nc(CO)cc2n1. The average Bonchev–Trinajstić information content (AvgIpc) is 2.46. The summed E-state index contributed by atoms with van der Waals surface area (Å²) in [7, 11) is 0. The lowest BCUT2D eigenvalue weighted by Gasteiger charge is -1.91. The van der Waals surface area contributed by atoms with Crippen LogP contribution in [0.15, 0.2) is 18.3 Å². The maximum Gasteiger partial charge on any atom is 0.155 e. The summed E-state index contributed by atoms with van der Waals surface area (Å²) in [6.45, 7) is 1.88. The fourth-order valence-corrected chi connectivity index (χ4v) is 1.10. The molecule has 0 amide bonds. The lowest BCUT2D eigenvalue weighted by molar-refractivity contribution is 0.276. The molecule has 4 nitrogen and oxygen atoms in total. The molecule has 62 valence electrons. The van der Waals surface area contributed by atoms with Gasteiger partial charge in [-0.3, -0.25) is 0 Å². The van der Waals surface area contributed by atoms with Crippen LogP contribution in [0.4, 0.5) is 0 Å². The van der Waals surface area contributed by atoms with Crippen molar-refractivity contribution < 1.29 is 5.11 Å². The van der Waals surface area contributed by atoms with Crippen LogP contribution in [-0.2, 0) is 6.61 Å². The Kier molecular flexibility index (Phi) is 1.55. The first-order chi connectivity index (χ1) is 5.79. The number of aryl methyl sites for hydroxylation is 1. The molecule has 2 aromatic rings. The monoisotopic (exact) mass is 163 g/mol. The standard InChI is InChI=1S/C8H9N3O/c1-6-2-3-11-8(9-6)4-7(5-12)10-11/h2-4,12H,5H2,1H3. The quantitative estimate of drug-likeness (QED) is 0.667. The Bertz CT molecular complexity index is 408. The first kappa shape index (κ1) is 7.24. The molecule has 0 saturated carbocycles. The van der Waals surface area contributed by atoms with E-state index >= 15 is 0 Å². The molecule has 2 heterocycles. The van der Waals surface area contributed by atoms with Gasteiger partial charge in [-0.2, -0.15) is 5.10 Å². The number of aliphatic hydroxyl groups is 1. The molecule has 0 aliphatic rings. The highest BCUT2D eigenvalue weighted by Gasteiger charge is 2.00. The zero-order chi connectivity index (χ0) is 8.55. The van der Waals surface area contributed by atoms with E-state index in [9.17, 15) is 0 Å². The Morgan fingerprint density at radius 1 is 1.58 bits per heavy atom. The third-order valence-electron chi connectivity index (χ3n) is 1.68. The second kappa shape index (κ2) is 2.57. The van der Waals surface area contributed by atoms with Gasteiger partial charge >= 0.3 is 0 Å². The molecule has 0 unspecified atom stereocenters. The van der Waals surface area contributed by atoms with Crippen LogP contribution in [0.25, 0.3) is 5.65 Å². The number of aliphatic hydroxyl groups excluding tert-OH is 1. The van der Waals surface area contributed by atoms with Gasteiger partial charge in [0.2, 0.25) is 0 Å². The van der Waals surface area contributed by atoms with Crippen molar-refractivity contribution >= 4 is 5.65 Å². The smallest absolute Gasteiger partial charge is 0.155 e. The van der Waals surface area contributed by atoms with E-state index < -0.39 is 0 Å². The van der Waals surface area contributed by atoms with Gasteiger partial charge in [0, 0.05) is 18.0 Å². The molecule has 0 aromatic carbocycles. The molecule has 0 atom stereocenters. The highest BCUT2D eigenvalue weighted by atomic mass is 16.3. The Hall–Kier alpha value is -1.42. The third kappa shape index (κ3) is 1.06. The van der Waals surface area contributed by atoms with Gasteiger partial charge < -0.3 is 5.11 Å². The van der Waals surface area contributed by atoms with Gasteiger partial charge in [-0.05, 0) is 13.0 Å². The van der Waals surface area contributed by atoms with Crippen molar-refractivity contribution in [1.82, 2.24) is 14.6 Å². The predicted molar refractivity (Wildman–Crippen MR) is 43.6 cm³/mol. The molecule has 1 N–H and O–H groups in total. The minimum Gasteiger partial charge on any atom is -0.390 e. The fraction of sp³-hybridized carbons (Fsp3) is 0.250. The number of rotatable bonds is 1. The van der Waals surface area contributed by atoms with E-state index in [0.29, 0.717) is 5.69 Å². The van der Waals surface area contributed by atoms with Gasteiger partial charge in [0.05, 0.1) is 12.3 Å². The largest absolute Gasteiger partial charge is 0.390 e. The van der Waals surface area contributed by atoms with Gasteiger partial charge in [0.15, 0.2) is 5.65 Å². The zero-order valence-corrected chi connectivity index (χ0v) is 6.73. The predicted octanol–water partition coefficient (Wildman–Crippen LogP) is 0.530. The molecule has 4 heteroatoms. The lowest BCUT2D eigenvalue weighted by Crippen LogP contribution is -1.91. The zero-order valence-electron chi connectivity index (χ0n) is 6.73. The number of hydrogen-bond donors (Lipinski definition) is 1. The van der Waals surface area contributed by atoms with Crippen molar-refractivity contribution in [3.8, 4) is 0 Å². The number of nitrogens with zero attached hydrogens (tertiary/aromatic N) is 3. The Morgan fingerprint density at radius 3 is 3.17 bits per heavy atom. The van der Waals surface area contributed by atoms with E-state index in [2.05, 4.69) is 10.1 Å². The summed E-state index contributed by atoms with van der Waals surface area (Å²) in [5.74, 6) is 0. The van der Waals surface area contributed by atoms with E-state index in [0.717, 1.165) is 11.3 Å². The van der Waals surface area contributed by atoms with Crippen LogP contribution in [0.5, 0.6) is 0 Å². The third-order valence-corrected chi connectivity index (χ3v) is 1.68. The summed E-state index contributed by atoms with van der Waals surface area (Å²) >= 11 is 0. The first-order valence-corrected chi connectivity index (χ1v) is 3.72. The maximum atomic E-state index is 8.80. The molecule has 0 saturated heterocycles. The average molecular weight is 163 g/mol. The van der Waals surface area contributed by atoms with E-state index in [4.69, 9.17) is 5.11 Å². The molecule has 2 rings (SSSR count). The Labute approximate surface area is 69.5 Å². The molecular formula is C8H9N3O. The van der Waals surface area contributed by atoms with E-state index in [-0.39, 0.29) is 6.61 Å². The van der Waals surface area contributed by atoms with Crippen molar-refractivity contribution in [1.29, 1.82) is 0 Å². The summed E-state index contributed by atoms with van der Waals surface area (Å²) < 4.78 is 1.65. The molecule has 0 spiro atoms. The number of aromatic nitrogens is 3. The minimum atomic E-state index is -0.0393. The summed E-state index contributed by atoms with van der Waals surface area (Å²) in [6, 6.07) is 3.65. The second-order valence-corrected chi connectivity index (χ2v) is 2.67. The number of hydrogen-bond acceptors (Lipinski definition) is 3. The highest BCUT2D eigenvalue weighted by molar-refractivity contribution is 5.39. The molecule has 0 bridgehead atoms. The molecular weight excluding hydrogens is 154 g/mol. The van der Waals surface area contributed by atoms with E-state index in [1.165, 1.54) is 0 Å². The van der Waals surface area contributed by atoms with Crippen LogP contribution in [-0.4, -0.2) is 19.7 Å². The normalized spacial score (nSPS) is 10.8. The van der Waals surface area contributed by atoms with Crippen molar-refractivity contribution in [3.05, 3.63) is 29.7 Å². The van der Waals surface area contributed by atoms with Gasteiger partial charge in [-0.25, -0.2) is 9.50 Å². The van der Waals surface area contributed by atoms with Crippen molar-refractivity contribution in [2.45, 2.75) is 13.5 Å². The molecule has 0 radical (unpaired) electrons. The van der Waals surface area contributed by atoms with Gasteiger partial charge in [0.1, 0.15) is 0 Å². The van der Waals surface area contributed by atoms with Crippen LogP contribution >= 0.6 is 0 Å². The lowest BCUT2D eigenvalue weighted by atomic mass is 10.4. The van der Waals surface area contributed by atoms with Crippen LogP contribution in [0.2, 0.25) is 0 Å². The Morgan fingerprint density at radius 2 is 2.42 bits per heavy atom. The molecule has 12 heavy (non-hydrogen) atoms. The number of fused-ring (bicyclic) bond motifs is 1. The van der Waals surface area contributed by atoms with Gasteiger partial charge in [-0.1, -0.05) is 0 Å². The fourth-order valence-electron chi connectivity index (χ4n) is 1.10. The van der Waals surface area contributed by atoms with Crippen LogP contribution in [0, 0.1) is 6.92 Å². The van der Waals surface area contributed by atoms with Crippen LogP contribution in [0.3, 0.4) is 0 Å². The molecule has 0 aliphatic heterocycles. The van der Waals surface area contributed by atoms with Crippen molar-refractivity contribution in [2.75, 3.05) is 0 Å². The molecule has 0 fully saturated rings. The van der Waals surface area contributed by atoms with Gasteiger partial charge in [0.25, 0.3) is 0 Å². The molecule has 0 aliphatic carbocycles. The van der Waals surface area contributed by atoms with E-state index in [1.807, 2.05) is 19.2 Å². The topological polar surface area (TPSA) is 50.4 Å². The highest BCUT2D eigenvalue weighted by Crippen LogP contribution is 2.04. The van der Waals surface area contributed by atoms with Crippen molar-refractivity contribution in [3.63, 3.8) is 0 Å². The van der Waals surface area contributed by atoms with E-state index in [1.54, 1.807) is 10.6 Å². The minimum absolute atomic E-state index is 0.0393. The Balaban J connectivity index is 2.67. The maximum absolute atomic E-state index is 8.80. The van der Waals surface area contributed by atoms with Crippen LogP contribution < -0.4 is 0 Å². The van der Waals surface area contributed by atoms with Gasteiger partial charge in [-0.15, -0.1) is 0 Å². The molecule has 2 aromatic heterocycles. The first-order valence-electron chi connectivity index (χ1n) is 3.72. The summed E-state index contributed by atoms with van der Waals surface area (Å²) in [6.07, 6.45) is 1.83. The second-order valence-electron chi connectivity index (χ2n) is 2.67.